The summed E-state index contributed by atoms with van der Waals surface area (Å²) in [7, 11) is 3.05. The van der Waals surface area contributed by atoms with Crippen molar-refractivity contribution in [2.45, 2.75) is 32.0 Å². The molecule has 1 heterocycles. The molecule has 2 aliphatic rings. The van der Waals surface area contributed by atoms with E-state index < -0.39 is 6.29 Å². The molecule has 1 unspecified atom stereocenters. The van der Waals surface area contributed by atoms with Gasteiger partial charge in [0.1, 0.15) is 0 Å². The molecule has 1 N–H and O–H groups in total. The number of thiocarbonyl (C=S) groups is 1. The van der Waals surface area contributed by atoms with Crippen LogP contribution in [0.5, 0.6) is 0 Å². The number of allylic oxidation sites excluding steroid dienone is 3. The van der Waals surface area contributed by atoms with E-state index in [9.17, 15) is 9.59 Å². The number of rotatable bonds is 10. The molecule has 0 saturated carbocycles. The van der Waals surface area contributed by atoms with Crippen LogP contribution in [-0.4, -0.2) is 61.1 Å². The Hall–Kier alpha value is -1.90. The van der Waals surface area contributed by atoms with Gasteiger partial charge in [-0.05, 0) is 31.1 Å². The van der Waals surface area contributed by atoms with Gasteiger partial charge < -0.3 is 14.8 Å². The van der Waals surface area contributed by atoms with Gasteiger partial charge in [-0.1, -0.05) is 24.6 Å². The van der Waals surface area contributed by atoms with Crippen LogP contribution in [0.2, 0.25) is 0 Å². The Kier molecular flexibility index (Phi) is 8.08. The number of nitrogens with one attached hydrogen (secondary N) is 1. The highest BCUT2D eigenvalue weighted by Crippen LogP contribution is 2.20. The molecule has 1 aliphatic carbocycles. The van der Waals surface area contributed by atoms with Crippen molar-refractivity contribution >= 4 is 34.9 Å². The molecule has 26 heavy (non-hydrogen) atoms. The molecular weight excluding hydrogens is 354 g/mol. The summed E-state index contributed by atoms with van der Waals surface area (Å²) in [4.78, 5) is 30.2. The number of hydrogen-bond donors (Lipinski definition) is 1. The van der Waals surface area contributed by atoms with Crippen molar-refractivity contribution in [2.24, 2.45) is 10.9 Å². The van der Waals surface area contributed by atoms with Gasteiger partial charge in [0, 0.05) is 27.2 Å². The molecule has 0 spiro atoms. The molecule has 0 aromatic carbocycles. The van der Waals surface area contributed by atoms with Crippen LogP contribution in [0.25, 0.3) is 0 Å². The second-order valence-corrected chi connectivity index (χ2v) is 6.41. The average Bonchev–Trinajstić information content (AvgIpc) is 2.64. The van der Waals surface area contributed by atoms with Crippen molar-refractivity contribution in [1.29, 1.82) is 0 Å². The summed E-state index contributed by atoms with van der Waals surface area (Å²) in [5.41, 5.74) is 0.709. The maximum atomic E-state index is 12.5. The Morgan fingerprint density at radius 2 is 2.08 bits per heavy atom. The maximum Gasteiger partial charge on any atom is 0.241 e. The number of carbonyl (C=O) groups is 2. The summed E-state index contributed by atoms with van der Waals surface area (Å²) in [5, 5.41) is 3.09. The first kappa shape index (κ1) is 20.4. The van der Waals surface area contributed by atoms with Gasteiger partial charge in [0.25, 0.3) is 0 Å². The van der Waals surface area contributed by atoms with E-state index in [4.69, 9.17) is 21.7 Å². The number of carbonyl (C=O) groups excluding carboxylic acids is 2. The third kappa shape index (κ3) is 5.55. The van der Waals surface area contributed by atoms with E-state index in [0.29, 0.717) is 30.3 Å². The quantitative estimate of drug-likeness (QED) is 0.354. The van der Waals surface area contributed by atoms with Crippen LogP contribution in [-0.2, 0) is 19.1 Å². The van der Waals surface area contributed by atoms with Gasteiger partial charge in [0.05, 0.1) is 18.2 Å². The Morgan fingerprint density at radius 3 is 2.81 bits per heavy atom. The SMILES string of the molecule is COC(CNC(=O)CCCCCN1C(=O)C2C=CC=CC2=NC1=S)OC. The van der Waals surface area contributed by atoms with Gasteiger partial charge in [-0.15, -0.1) is 0 Å². The van der Waals surface area contributed by atoms with Crippen LogP contribution in [0.15, 0.2) is 29.3 Å². The van der Waals surface area contributed by atoms with Gasteiger partial charge in [-0.2, -0.15) is 0 Å². The van der Waals surface area contributed by atoms with Gasteiger partial charge in [0.15, 0.2) is 6.29 Å². The first-order valence-corrected chi connectivity index (χ1v) is 9.08. The molecule has 1 aliphatic heterocycles. The molecule has 7 nitrogen and oxygen atoms in total. The van der Waals surface area contributed by atoms with E-state index in [1.54, 1.807) is 4.90 Å². The van der Waals surface area contributed by atoms with Gasteiger partial charge in [-0.3, -0.25) is 14.5 Å². The van der Waals surface area contributed by atoms with Crippen LogP contribution >= 0.6 is 12.2 Å². The van der Waals surface area contributed by atoms with Crippen molar-refractivity contribution < 1.29 is 19.1 Å². The lowest BCUT2D eigenvalue weighted by Crippen LogP contribution is -2.46. The monoisotopic (exact) mass is 379 g/mol. The molecule has 2 rings (SSSR count). The van der Waals surface area contributed by atoms with Crippen molar-refractivity contribution in [3.63, 3.8) is 0 Å². The van der Waals surface area contributed by atoms with E-state index in [0.717, 1.165) is 19.3 Å². The van der Waals surface area contributed by atoms with Gasteiger partial charge in [-0.25, -0.2) is 4.99 Å². The lowest BCUT2D eigenvalue weighted by Gasteiger charge is -2.30. The Morgan fingerprint density at radius 1 is 1.31 bits per heavy atom. The number of nitrogens with zero attached hydrogens (tertiary/aromatic N) is 2. The lowest BCUT2D eigenvalue weighted by atomic mass is 9.95. The lowest BCUT2D eigenvalue weighted by molar-refractivity contribution is -0.129. The topological polar surface area (TPSA) is 80.2 Å². The zero-order valence-corrected chi connectivity index (χ0v) is 16.0. The van der Waals surface area contributed by atoms with Crippen molar-refractivity contribution in [3.05, 3.63) is 24.3 Å². The number of fused-ring (bicyclic) bond motifs is 1. The second kappa shape index (κ2) is 10.3. The zero-order chi connectivity index (χ0) is 18.9. The van der Waals surface area contributed by atoms with E-state index in [1.807, 2.05) is 24.3 Å². The second-order valence-electron chi connectivity index (χ2n) is 6.05. The Balaban J connectivity index is 1.67. The highest BCUT2D eigenvalue weighted by molar-refractivity contribution is 7.80. The fourth-order valence-corrected chi connectivity index (χ4v) is 3.05. The molecule has 0 fully saturated rings. The highest BCUT2D eigenvalue weighted by Gasteiger charge is 2.33. The molecule has 2 amide bonds. The minimum absolute atomic E-state index is 0.0245. The normalized spacial score (nSPS) is 19.0. The Bertz CT molecular complexity index is 626. The van der Waals surface area contributed by atoms with Gasteiger partial charge >= 0.3 is 0 Å². The molecule has 0 aromatic heterocycles. The molecular formula is C18H25N3O4S. The molecule has 142 valence electrons. The number of amides is 2. The summed E-state index contributed by atoms with van der Waals surface area (Å²) >= 11 is 5.25. The van der Waals surface area contributed by atoms with Crippen LogP contribution in [0.4, 0.5) is 0 Å². The fraction of sp³-hybridized carbons (Fsp3) is 0.556. The van der Waals surface area contributed by atoms with Crippen LogP contribution in [0, 0.1) is 5.92 Å². The van der Waals surface area contributed by atoms with Gasteiger partial charge in [0.2, 0.25) is 16.9 Å². The van der Waals surface area contributed by atoms with E-state index in [-0.39, 0.29) is 17.7 Å². The molecule has 0 saturated heterocycles. The van der Waals surface area contributed by atoms with E-state index in [1.165, 1.54) is 14.2 Å². The molecule has 8 heteroatoms. The number of aliphatic imine (C=N–C) groups is 1. The summed E-state index contributed by atoms with van der Waals surface area (Å²) in [5.74, 6) is -0.391. The first-order chi connectivity index (χ1) is 12.6. The van der Waals surface area contributed by atoms with Crippen molar-refractivity contribution in [1.82, 2.24) is 10.2 Å². The molecule has 1 atom stereocenters. The minimum Gasteiger partial charge on any atom is -0.354 e. The highest BCUT2D eigenvalue weighted by atomic mass is 32.1. The fourth-order valence-electron chi connectivity index (χ4n) is 2.77. The minimum atomic E-state index is -0.431. The maximum absolute atomic E-state index is 12.5. The molecule has 0 aromatic rings. The first-order valence-electron chi connectivity index (χ1n) is 8.68. The standard InChI is InChI=1S/C18H25N3O4S/c1-24-16(25-2)12-19-15(22)10-4-3-7-11-21-17(23)13-8-5-6-9-14(13)20-18(21)26/h5-6,8-9,13,16H,3-4,7,10-12H2,1-2H3,(H,19,22). The summed E-state index contributed by atoms with van der Waals surface area (Å²) in [6.45, 7) is 0.853. The number of ether oxygens (including phenoxy) is 2. The predicted octanol–water partition coefficient (Wildman–Crippen LogP) is 1.59. The summed E-state index contributed by atoms with van der Waals surface area (Å²) in [6.07, 6.45) is 9.71. The average molecular weight is 379 g/mol. The number of unbranched alkanes of at least 4 members (excludes halogenated alkanes) is 2. The summed E-state index contributed by atoms with van der Waals surface area (Å²) in [6, 6.07) is 0. The van der Waals surface area contributed by atoms with Crippen LogP contribution in [0.3, 0.4) is 0 Å². The predicted molar refractivity (Wildman–Crippen MR) is 103 cm³/mol. The zero-order valence-electron chi connectivity index (χ0n) is 15.1. The van der Waals surface area contributed by atoms with E-state index >= 15 is 0 Å². The van der Waals surface area contributed by atoms with Crippen molar-refractivity contribution in [3.8, 4) is 0 Å². The largest absolute Gasteiger partial charge is 0.354 e. The van der Waals surface area contributed by atoms with Crippen LogP contribution in [0.1, 0.15) is 25.7 Å². The van der Waals surface area contributed by atoms with Crippen molar-refractivity contribution in [2.75, 3.05) is 27.3 Å². The molecule has 0 radical (unpaired) electrons. The Labute approximate surface area is 159 Å². The summed E-state index contributed by atoms with van der Waals surface area (Å²) < 4.78 is 10.0. The van der Waals surface area contributed by atoms with Crippen LogP contribution < -0.4 is 5.32 Å². The number of methoxy groups -OCH3 is 2. The van der Waals surface area contributed by atoms with E-state index in [2.05, 4.69) is 10.3 Å². The third-order valence-corrected chi connectivity index (χ3v) is 4.58. The smallest absolute Gasteiger partial charge is 0.241 e. The third-order valence-electron chi connectivity index (χ3n) is 4.27. The number of hydrogen-bond acceptors (Lipinski definition) is 5. The molecule has 0 bridgehead atoms.